The lowest BCUT2D eigenvalue weighted by atomic mass is 10.3. The highest BCUT2D eigenvalue weighted by molar-refractivity contribution is 6.60. The molecule has 0 rings (SSSR count). The summed E-state index contributed by atoms with van der Waals surface area (Å²) in [6.07, 6.45) is 3.84. The Labute approximate surface area is 114 Å². The molecule has 1 unspecified atom stereocenters. The fourth-order valence-electron chi connectivity index (χ4n) is 1.52. The molecule has 4 nitrogen and oxygen atoms in total. The largest absolute Gasteiger partial charge is 0.501 e. The maximum Gasteiger partial charge on any atom is 0.501 e. The van der Waals surface area contributed by atoms with Crippen molar-refractivity contribution in [3.8, 4) is 0 Å². The number of nitrogens with two attached hydrogens (primary N) is 1. The Balaban J connectivity index is 4.51. The Morgan fingerprint density at radius 2 is 1.28 bits per heavy atom. The minimum absolute atomic E-state index is 0.164. The molecule has 0 aromatic heterocycles. The van der Waals surface area contributed by atoms with Gasteiger partial charge in [0.1, 0.15) is 0 Å². The Morgan fingerprint density at radius 3 is 1.56 bits per heavy atom. The van der Waals surface area contributed by atoms with E-state index in [-0.39, 0.29) is 6.04 Å². The average molecular weight is 277 g/mol. The summed E-state index contributed by atoms with van der Waals surface area (Å²) >= 11 is 0. The third-order valence-electron chi connectivity index (χ3n) is 2.48. The molecule has 18 heavy (non-hydrogen) atoms. The molecule has 110 valence electrons. The van der Waals surface area contributed by atoms with Gasteiger partial charge in [-0.05, 0) is 32.6 Å². The van der Waals surface area contributed by atoms with E-state index in [1.54, 1.807) is 0 Å². The molecular weight excluding hydrogens is 246 g/mol. The minimum Gasteiger partial charge on any atom is -0.373 e. The molecule has 0 amide bonds. The van der Waals surface area contributed by atoms with E-state index in [0.717, 1.165) is 31.7 Å². The Morgan fingerprint density at radius 1 is 0.889 bits per heavy atom. The molecule has 0 aromatic rings. The van der Waals surface area contributed by atoms with Crippen LogP contribution in [0, 0.1) is 0 Å². The summed E-state index contributed by atoms with van der Waals surface area (Å²) in [6.45, 7) is 10.4. The number of rotatable bonds is 12. The summed E-state index contributed by atoms with van der Waals surface area (Å²) in [7, 11) is -2.50. The van der Waals surface area contributed by atoms with Gasteiger partial charge in [-0.15, -0.1) is 0 Å². The van der Waals surface area contributed by atoms with Gasteiger partial charge in [-0.1, -0.05) is 20.8 Å². The van der Waals surface area contributed by atoms with Crippen LogP contribution in [-0.2, 0) is 13.3 Å². The van der Waals surface area contributed by atoms with E-state index in [1.807, 2.05) is 6.92 Å². The molecule has 0 radical (unpaired) electrons. The second kappa shape index (κ2) is 10.9. The van der Waals surface area contributed by atoms with Crippen LogP contribution in [0.15, 0.2) is 0 Å². The van der Waals surface area contributed by atoms with Crippen molar-refractivity contribution in [2.45, 2.75) is 65.5 Å². The minimum atomic E-state index is -2.50. The highest BCUT2D eigenvalue weighted by Gasteiger charge is 2.40. The second-order valence-corrected chi connectivity index (χ2v) is 7.48. The fraction of sp³-hybridized carbons (Fsp3) is 1.00. The van der Waals surface area contributed by atoms with Gasteiger partial charge in [0.25, 0.3) is 0 Å². The molecule has 0 saturated heterocycles. The first-order valence-electron chi connectivity index (χ1n) is 7.27. The zero-order chi connectivity index (χ0) is 13.9. The van der Waals surface area contributed by atoms with Crippen LogP contribution in [0.4, 0.5) is 0 Å². The van der Waals surface area contributed by atoms with Gasteiger partial charge in [0.05, 0.1) is 0 Å². The molecule has 0 aliphatic rings. The quantitative estimate of drug-likeness (QED) is 0.557. The number of hydrogen-bond donors (Lipinski definition) is 1. The topological polar surface area (TPSA) is 53.7 Å². The summed E-state index contributed by atoms with van der Waals surface area (Å²) in [5.74, 6) is 0. The third-order valence-corrected chi connectivity index (χ3v) is 5.32. The first-order valence-corrected chi connectivity index (χ1v) is 9.20. The molecule has 2 N–H and O–H groups in total. The van der Waals surface area contributed by atoms with Crippen molar-refractivity contribution in [2.75, 3.05) is 19.8 Å². The van der Waals surface area contributed by atoms with E-state index in [2.05, 4.69) is 20.8 Å². The van der Waals surface area contributed by atoms with Gasteiger partial charge in [-0.3, -0.25) is 0 Å². The van der Waals surface area contributed by atoms with Crippen LogP contribution in [0.25, 0.3) is 0 Å². The van der Waals surface area contributed by atoms with Crippen LogP contribution in [0.2, 0.25) is 6.04 Å². The molecule has 5 heteroatoms. The first-order chi connectivity index (χ1) is 8.60. The van der Waals surface area contributed by atoms with E-state index in [4.69, 9.17) is 19.0 Å². The molecule has 1 atom stereocenters. The Hall–Kier alpha value is 0.0569. The normalized spacial score (nSPS) is 13.8. The van der Waals surface area contributed by atoms with Crippen molar-refractivity contribution in [1.29, 1.82) is 0 Å². The molecule has 0 spiro atoms. The zero-order valence-corrected chi connectivity index (χ0v) is 13.5. The lowest BCUT2D eigenvalue weighted by Gasteiger charge is -2.30. The molecular formula is C13H31NO3Si. The van der Waals surface area contributed by atoms with Gasteiger partial charge in [0.2, 0.25) is 0 Å². The predicted molar refractivity (Wildman–Crippen MR) is 77.6 cm³/mol. The molecule has 0 aromatic carbocycles. The van der Waals surface area contributed by atoms with Crippen LogP contribution in [0.5, 0.6) is 0 Å². The fourth-order valence-corrected chi connectivity index (χ4v) is 4.56. The van der Waals surface area contributed by atoms with E-state index >= 15 is 0 Å². The summed E-state index contributed by atoms with van der Waals surface area (Å²) in [4.78, 5) is 0. The second-order valence-electron chi connectivity index (χ2n) is 4.74. The van der Waals surface area contributed by atoms with Crippen LogP contribution >= 0.6 is 0 Å². The van der Waals surface area contributed by atoms with Crippen LogP contribution in [0.1, 0.15) is 53.4 Å². The maximum atomic E-state index is 5.97. The van der Waals surface area contributed by atoms with E-state index in [0.29, 0.717) is 19.8 Å². The van der Waals surface area contributed by atoms with Crippen LogP contribution in [0.3, 0.4) is 0 Å². The standard InChI is InChI=1S/C13H31NO3Si/c1-5-9-15-18(16-10-6-2,17-11-7-3)12-8-13(4)14/h13H,5-12,14H2,1-4H3. The van der Waals surface area contributed by atoms with E-state index in [9.17, 15) is 0 Å². The lowest BCUT2D eigenvalue weighted by molar-refractivity contribution is 0.0584. The Bertz CT molecular complexity index is 169. The Kier molecular flexibility index (Phi) is 11.0. The van der Waals surface area contributed by atoms with Gasteiger partial charge in [0, 0.05) is 31.9 Å². The van der Waals surface area contributed by atoms with Crippen molar-refractivity contribution in [3.05, 3.63) is 0 Å². The highest BCUT2D eigenvalue weighted by Crippen LogP contribution is 2.20. The molecule has 0 bridgehead atoms. The van der Waals surface area contributed by atoms with Crippen molar-refractivity contribution in [2.24, 2.45) is 5.73 Å². The van der Waals surface area contributed by atoms with Gasteiger partial charge in [-0.2, -0.15) is 0 Å². The summed E-state index contributed by atoms with van der Waals surface area (Å²) in [6, 6.07) is 0.988. The molecule has 0 fully saturated rings. The molecule has 0 saturated carbocycles. The summed E-state index contributed by atoms with van der Waals surface area (Å²) < 4.78 is 17.9. The number of hydrogen-bond acceptors (Lipinski definition) is 4. The lowest BCUT2D eigenvalue weighted by Crippen LogP contribution is -2.47. The van der Waals surface area contributed by atoms with Gasteiger partial charge in [-0.25, -0.2) is 0 Å². The van der Waals surface area contributed by atoms with Crippen molar-refractivity contribution in [3.63, 3.8) is 0 Å². The summed E-state index contributed by atoms with van der Waals surface area (Å²) in [5, 5.41) is 0. The van der Waals surface area contributed by atoms with Gasteiger partial charge in [0.15, 0.2) is 0 Å². The van der Waals surface area contributed by atoms with Crippen molar-refractivity contribution >= 4 is 8.80 Å². The average Bonchev–Trinajstić information content (AvgIpc) is 2.37. The van der Waals surface area contributed by atoms with Crippen LogP contribution < -0.4 is 5.73 Å². The highest BCUT2D eigenvalue weighted by atomic mass is 28.4. The molecule has 0 aliphatic heterocycles. The van der Waals surface area contributed by atoms with Gasteiger partial charge >= 0.3 is 8.80 Å². The van der Waals surface area contributed by atoms with Gasteiger partial charge < -0.3 is 19.0 Å². The van der Waals surface area contributed by atoms with E-state index < -0.39 is 8.80 Å². The van der Waals surface area contributed by atoms with Crippen molar-refractivity contribution in [1.82, 2.24) is 0 Å². The monoisotopic (exact) mass is 277 g/mol. The predicted octanol–water partition coefficient (Wildman–Crippen LogP) is 2.94. The zero-order valence-electron chi connectivity index (χ0n) is 12.5. The SMILES string of the molecule is CCCO[Si](CCC(C)N)(OCCC)OCCC. The third kappa shape index (κ3) is 8.21. The van der Waals surface area contributed by atoms with E-state index in [1.165, 1.54) is 0 Å². The smallest absolute Gasteiger partial charge is 0.373 e. The van der Waals surface area contributed by atoms with Crippen LogP contribution in [-0.4, -0.2) is 34.7 Å². The first kappa shape index (κ1) is 18.1. The maximum absolute atomic E-state index is 5.97. The summed E-state index contributed by atoms with van der Waals surface area (Å²) in [5.41, 5.74) is 5.84. The van der Waals surface area contributed by atoms with Crippen molar-refractivity contribution < 1.29 is 13.3 Å². The molecule has 0 aliphatic carbocycles. The molecule has 0 heterocycles.